The van der Waals surface area contributed by atoms with Gasteiger partial charge in [0.2, 0.25) is 11.8 Å². The number of hydrogen-bond donors (Lipinski definition) is 0. The first-order valence-corrected chi connectivity index (χ1v) is 12.6. The minimum atomic E-state index is -0.343. The van der Waals surface area contributed by atoms with E-state index < -0.39 is 0 Å². The lowest BCUT2D eigenvalue weighted by Crippen LogP contribution is -2.55. The maximum Gasteiger partial charge on any atom is 0.230 e. The van der Waals surface area contributed by atoms with Crippen molar-refractivity contribution in [2.45, 2.75) is 75.9 Å². The van der Waals surface area contributed by atoms with Gasteiger partial charge >= 0.3 is 0 Å². The second-order valence-corrected chi connectivity index (χ2v) is 10.2. The number of ether oxygens (including phenoxy) is 1. The molecule has 1 aromatic rings. The van der Waals surface area contributed by atoms with Crippen LogP contribution in [0.4, 0.5) is 0 Å². The number of rotatable bonds is 2. The molecule has 1 spiro atoms. The highest BCUT2D eigenvalue weighted by Gasteiger charge is 2.46. The zero-order valence-electron chi connectivity index (χ0n) is 19.4. The second kappa shape index (κ2) is 9.05. The van der Waals surface area contributed by atoms with Gasteiger partial charge in [-0.15, -0.1) is 0 Å². The Bertz CT molecular complexity index is 834. The molecule has 1 aromatic carbocycles. The number of likely N-dealkylation sites (tertiary alicyclic amines) is 1. The number of benzene rings is 1. The molecule has 4 aliphatic rings. The van der Waals surface area contributed by atoms with Gasteiger partial charge in [-0.05, 0) is 18.9 Å². The monoisotopic (exact) mass is 439 g/mol. The summed E-state index contributed by atoms with van der Waals surface area (Å²) in [6.45, 7) is 6.71. The third kappa shape index (κ3) is 4.26. The average Bonchev–Trinajstić information content (AvgIpc) is 2.84. The Kier molecular flexibility index (Phi) is 6.15. The van der Waals surface area contributed by atoms with Gasteiger partial charge in [-0.1, -0.05) is 37.5 Å². The Morgan fingerprint density at radius 3 is 2.28 bits per heavy atom. The molecule has 1 saturated carbocycles. The summed E-state index contributed by atoms with van der Waals surface area (Å²) in [4.78, 5) is 32.2. The first-order valence-electron chi connectivity index (χ1n) is 12.6. The first-order chi connectivity index (χ1) is 15.5. The Morgan fingerprint density at radius 2 is 1.59 bits per heavy atom. The lowest BCUT2D eigenvalue weighted by Gasteiger charge is -2.47. The van der Waals surface area contributed by atoms with E-state index in [4.69, 9.17) is 4.74 Å². The second-order valence-electron chi connectivity index (χ2n) is 10.2. The van der Waals surface area contributed by atoms with Crippen LogP contribution in [0.5, 0.6) is 5.75 Å². The molecule has 0 N–H and O–H groups in total. The summed E-state index contributed by atoms with van der Waals surface area (Å²) in [6.07, 6.45) is 9.03. The van der Waals surface area contributed by atoms with E-state index >= 15 is 0 Å². The summed E-state index contributed by atoms with van der Waals surface area (Å²) in [5, 5.41) is 0. The number of amides is 2. The molecule has 32 heavy (non-hydrogen) atoms. The summed E-state index contributed by atoms with van der Waals surface area (Å²) in [6, 6.07) is 8.80. The van der Waals surface area contributed by atoms with Crippen LogP contribution in [0.3, 0.4) is 0 Å². The van der Waals surface area contributed by atoms with Gasteiger partial charge in [0.25, 0.3) is 0 Å². The SMILES string of the molecule is CC(=O)N1CCC2(CC1)CC(C(=O)N1CCN(C3CCCCC3)CC1)c1ccccc1O2. The molecule has 1 atom stereocenters. The van der Waals surface area contributed by atoms with Gasteiger partial charge in [0.05, 0.1) is 5.92 Å². The van der Waals surface area contributed by atoms with E-state index in [9.17, 15) is 9.59 Å². The van der Waals surface area contributed by atoms with Crippen molar-refractivity contribution in [3.05, 3.63) is 29.8 Å². The quantitative estimate of drug-likeness (QED) is 0.709. The molecule has 1 aliphatic carbocycles. The van der Waals surface area contributed by atoms with Gasteiger partial charge < -0.3 is 14.5 Å². The first kappa shape index (κ1) is 21.7. The zero-order chi connectivity index (χ0) is 22.1. The highest BCUT2D eigenvalue weighted by atomic mass is 16.5. The molecule has 174 valence electrons. The summed E-state index contributed by atoms with van der Waals surface area (Å²) in [7, 11) is 0. The Balaban J connectivity index is 1.29. The van der Waals surface area contributed by atoms with Gasteiger partial charge in [-0.25, -0.2) is 0 Å². The molecule has 3 fully saturated rings. The molecule has 2 amide bonds. The topological polar surface area (TPSA) is 53.1 Å². The van der Waals surface area contributed by atoms with Crippen LogP contribution in [0.15, 0.2) is 24.3 Å². The van der Waals surface area contributed by atoms with E-state index in [0.717, 1.165) is 62.8 Å². The van der Waals surface area contributed by atoms with Gasteiger partial charge in [0.1, 0.15) is 11.4 Å². The summed E-state index contributed by atoms with van der Waals surface area (Å²) in [5.74, 6) is 1.09. The molecular formula is C26H37N3O3. The van der Waals surface area contributed by atoms with E-state index in [-0.39, 0.29) is 23.3 Å². The van der Waals surface area contributed by atoms with Gasteiger partial charge in [-0.3, -0.25) is 14.5 Å². The maximum absolute atomic E-state index is 13.8. The van der Waals surface area contributed by atoms with Crippen LogP contribution in [0, 0.1) is 0 Å². The van der Waals surface area contributed by atoms with Crippen molar-refractivity contribution in [2.75, 3.05) is 39.3 Å². The van der Waals surface area contributed by atoms with Crippen LogP contribution in [-0.2, 0) is 9.59 Å². The third-order valence-electron chi connectivity index (χ3n) is 8.33. The molecule has 6 heteroatoms. The number of piperidine rings is 1. The molecular weight excluding hydrogens is 402 g/mol. The zero-order valence-corrected chi connectivity index (χ0v) is 19.4. The number of carbonyl (C=O) groups is 2. The minimum Gasteiger partial charge on any atom is -0.487 e. The van der Waals surface area contributed by atoms with Crippen molar-refractivity contribution in [1.29, 1.82) is 0 Å². The largest absolute Gasteiger partial charge is 0.487 e. The van der Waals surface area contributed by atoms with Crippen LogP contribution in [-0.4, -0.2) is 77.4 Å². The average molecular weight is 440 g/mol. The molecule has 2 saturated heterocycles. The fraction of sp³-hybridized carbons (Fsp3) is 0.692. The van der Waals surface area contributed by atoms with E-state index in [0.29, 0.717) is 13.1 Å². The summed E-state index contributed by atoms with van der Waals surface area (Å²) in [5.41, 5.74) is 0.691. The van der Waals surface area contributed by atoms with Gasteiger partial charge in [-0.2, -0.15) is 0 Å². The number of piperazine rings is 1. The fourth-order valence-corrected chi connectivity index (χ4v) is 6.35. The third-order valence-corrected chi connectivity index (χ3v) is 8.33. The molecule has 0 aromatic heterocycles. The van der Waals surface area contributed by atoms with E-state index in [1.807, 2.05) is 23.1 Å². The highest BCUT2D eigenvalue weighted by molar-refractivity contribution is 5.85. The number of hydrogen-bond acceptors (Lipinski definition) is 4. The van der Waals surface area contributed by atoms with Gasteiger partial charge in [0.15, 0.2) is 0 Å². The van der Waals surface area contributed by atoms with Crippen molar-refractivity contribution in [3.8, 4) is 5.75 Å². The van der Waals surface area contributed by atoms with Crippen molar-refractivity contribution in [1.82, 2.24) is 14.7 Å². The predicted octanol–water partition coefficient (Wildman–Crippen LogP) is 3.41. The standard InChI is InChI=1S/C26H37N3O3/c1-20(30)27-13-11-26(12-14-27)19-23(22-9-5-6-10-24(22)32-26)25(31)29-17-15-28(16-18-29)21-7-3-2-4-8-21/h5-6,9-10,21,23H,2-4,7-8,11-19H2,1H3. The molecule has 1 unspecified atom stereocenters. The molecule has 0 bridgehead atoms. The Morgan fingerprint density at radius 1 is 0.906 bits per heavy atom. The van der Waals surface area contributed by atoms with Crippen molar-refractivity contribution < 1.29 is 14.3 Å². The maximum atomic E-state index is 13.8. The van der Waals surface area contributed by atoms with Crippen LogP contribution < -0.4 is 4.74 Å². The highest BCUT2D eigenvalue weighted by Crippen LogP contribution is 2.46. The van der Waals surface area contributed by atoms with Crippen molar-refractivity contribution in [2.24, 2.45) is 0 Å². The molecule has 5 rings (SSSR count). The fourth-order valence-electron chi connectivity index (χ4n) is 6.35. The lowest BCUT2D eigenvalue weighted by molar-refractivity contribution is -0.140. The smallest absolute Gasteiger partial charge is 0.230 e. The van der Waals surface area contributed by atoms with Crippen LogP contribution in [0.25, 0.3) is 0 Å². The lowest BCUT2D eigenvalue weighted by atomic mass is 9.76. The molecule has 0 radical (unpaired) electrons. The summed E-state index contributed by atoms with van der Waals surface area (Å²) >= 11 is 0. The van der Waals surface area contributed by atoms with E-state index in [1.165, 1.54) is 32.1 Å². The van der Waals surface area contributed by atoms with Crippen LogP contribution >= 0.6 is 0 Å². The van der Waals surface area contributed by atoms with Crippen molar-refractivity contribution in [3.63, 3.8) is 0 Å². The molecule has 3 aliphatic heterocycles. The predicted molar refractivity (Wildman–Crippen MR) is 124 cm³/mol. The van der Waals surface area contributed by atoms with Crippen LogP contribution in [0.2, 0.25) is 0 Å². The summed E-state index contributed by atoms with van der Waals surface area (Å²) < 4.78 is 6.54. The Labute approximate surface area is 191 Å². The molecule has 6 nitrogen and oxygen atoms in total. The number of carbonyl (C=O) groups excluding carboxylic acids is 2. The van der Waals surface area contributed by atoms with E-state index in [2.05, 4.69) is 15.9 Å². The van der Waals surface area contributed by atoms with Crippen LogP contribution in [0.1, 0.15) is 69.8 Å². The molecule has 3 heterocycles. The number of para-hydroxylation sites is 1. The Hall–Kier alpha value is -2.08. The van der Waals surface area contributed by atoms with Gasteiger partial charge in [0, 0.05) is 77.1 Å². The number of nitrogens with zero attached hydrogens (tertiary/aromatic N) is 3. The van der Waals surface area contributed by atoms with E-state index in [1.54, 1.807) is 6.92 Å². The van der Waals surface area contributed by atoms with Crippen molar-refractivity contribution >= 4 is 11.8 Å². The minimum absolute atomic E-state index is 0.125. The normalized spacial score (nSPS) is 26.5. The number of fused-ring (bicyclic) bond motifs is 1.